The molecular weight excluding hydrogens is 401 g/mol. The predicted molar refractivity (Wildman–Crippen MR) is 113 cm³/mol. The molecule has 0 bridgehead atoms. The first-order valence-corrected chi connectivity index (χ1v) is 9.31. The summed E-state index contributed by atoms with van der Waals surface area (Å²) in [6, 6.07) is 17.6. The highest BCUT2D eigenvalue weighted by molar-refractivity contribution is 6.08. The first kappa shape index (κ1) is 20.1. The largest absolute Gasteiger partial charge is 0.493 e. The monoisotopic (exact) mass is 419 g/mol. The zero-order chi connectivity index (χ0) is 21.8. The lowest BCUT2D eigenvalue weighted by molar-refractivity contribution is 0.102. The molecule has 0 atom stereocenters. The van der Waals surface area contributed by atoms with Crippen molar-refractivity contribution in [2.24, 2.45) is 0 Å². The molecule has 0 aliphatic heterocycles. The van der Waals surface area contributed by atoms with Crippen LogP contribution in [0.5, 0.6) is 11.5 Å². The summed E-state index contributed by atoms with van der Waals surface area (Å²) in [5, 5.41) is 6.77. The molecule has 1 N–H and O–H groups in total. The molecule has 0 aliphatic rings. The van der Waals surface area contributed by atoms with E-state index in [0.29, 0.717) is 39.7 Å². The highest BCUT2D eigenvalue weighted by Gasteiger charge is 2.19. The minimum Gasteiger partial charge on any atom is -0.493 e. The van der Waals surface area contributed by atoms with Crippen molar-refractivity contribution in [3.8, 4) is 34.3 Å². The van der Waals surface area contributed by atoms with Gasteiger partial charge in [0.2, 0.25) is 5.82 Å². The van der Waals surface area contributed by atoms with Gasteiger partial charge in [-0.15, -0.1) is 0 Å². The Morgan fingerprint density at radius 3 is 2.45 bits per heavy atom. The molecule has 156 valence electrons. The van der Waals surface area contributed by atoms with Crippen LogP contribution in [0, 0.1) is 5.82 Å². The van der Waals surface area contributed by atoms with Crippen LogP contribution in [0.4, 0.5) is 10.1 Å². The molecule has 1 aromatic heterocycles. The van der Waals surface area contributed by atoms with Gasteiger partial charge in [-0.05, 0) is 54.6 Å². The molecule has 0 aliphatic carbocycles. The van der Waals surface area contributed by atoms with E-state index in [2.05, 4.69) is 15.5 Å². The number of ether oxygens (including phenoxy) is 2. The quantitative estimate of drug-likeness (QED) is 0.483. The lowest BCUT2D eigenvalue weighted by atomic mass is 10.1. The molecule has 0 spiro atoms. The van der Waals surface area contributed by atoms with Crippen LogP contribution in [0.3, 0.4) is 0 Å². The van der Waals surface area contributed by atoms with E-state index in [1.54, 1.807) is 56.7 Å². The second-order valence-corrected chi connectivity index (χ2v) is 6.50. The minimum absolute atomic E-state index is 0.189. The SMILES string of the molecule is COc1ccc(-c2noc(-c3ccccc3C(=O)Nc3ccc(F)cc3)n2)cc1OC. The lowest BCUT2D eigenvalue weighted by Gasteiger charge is -2.08. The number of carbonyl (C=O) groups is 1. The Morgan fingerprint density at radius 2 is 1.71 bits per heavy atom. The number of aromatic nitrogens is 2. The van der Waals surface area contributed by atoms with Crippen molar-refractivity contribution >= 4 is 11.6 Å². The van der Waals surface area contributed by atoms with Crippen molar-refractivity contribution in [3.05, 3.63) is 78.1 Å². The van der Waals surface area contributed by atoms with Crippen LogP contribution in [-0.4, -0.2) is 30.3 Å². The number of nitrogens with one attached hydrogen (secondary N) is 1. The fourth-order valence-electron chi connectivity index (χ4n) is 3.02. The molecule has 0 radical (unpaired) electrons. The summed E-state index contributed by atoms with van der Waals surface area (Å²) in [5.41, 5.74) is 1.95. The van der Waals surface area contributed by atoms with Gasteiger partial charge in [-0.25, -0.2) is 4.39 Å². The Hall–Kier alpha value is -4.20. The predicted octanol–water partition coefficient (Wildman–Crippen LogP) is 4.81. The van der Waals surface area contributed by atoms with Gasteiger partial charge in [0.05, 0.1) is 25.3 Å². The number of halogens is 1. The number of methoxy groups -OCH3 is 2. The second kappa shape index (κ2) is 8.66. The zero-order valence-corrected chi connectivity index (χ0v) is 16.8. The van der Waals surface area contributed by atoms with Gasteiger partial charge >= 0.3 is 0 Å². The van der Waals surface area contributed by atoms with E-state index in [0.717, 1.165) is 0 Å². The van der Waals surface area contributed by atoms with Crippen LogP contribution in [0.25, 0.3) is 22.8 Å². The standard InChI is InChI=1S/C23H18FN3O4/c1-29-19-12-7-14(13-20(19)30-2)21-26-23(31-27-21)18-6-4-3-5-17(18)22(28)25-16-10-8-15(24)9-11-16/h3-13H,1-2H3,(H,25,28). The van der Waals surface area contributed by atoms with Crippen molar-refractivity contribution in [1.82, 2.24) is 10.1 Å². The summed E-state index contributed by atoms with van der Waals surface area (Å²) in [4.78, 5) is 17.2. The van der Waals surface area contributed by atoms with Crippen molar-refractivity contribution < 1.29 is 23.2 Å². The van der Waals surface area contributed by atoms with Gasteiger partial charge in [0.15, 0.2) is 11.5 Å². The Labute approximate surface area is 177 Å². The molecule has 8 heteroatoms. The van der Waals surface area contributed by atoms with Crippen LogP contribution in [0.15, 0.2) is 71.3 Å². The fraction of sp³-hybridized carbons (Fsp3) is 0.0870. The molecule has 3 aromatic carbocycles. The summed E-state index contributed by atoms with van der Waals surface area (Å²) < 4.78 is 29.1. The van der Waals surface area contributed by atoms with E-state index in [1.165, 1.54) is 24.3 Å². The van der Waals surface area contributed by atoms with Crippen LogP contribution >= 0.6 is 0 Å². The summed E-state index contributed by atoms with van der Waals surface area (Å²) in [5.74, 6) is 0.877. The van der Waals surface area contributed by atoms with Gasteiger partial charge in [-0.3, -0.25) is 4.79 Å². The zero-order valence-electron chi connectivity index (χ0n) is 16.8. The maximum absolute atomic E-state index is 13.1. The minimum atomic E-state index is -0.382. The molecule has 0 unspecified atom stereocenters. The van der Waals surface area contributed by atoms with E-state index in [9.17, 15) is 9.18 Å². The van der Waals surface area contributed by atoms with Gasteiger partial charge in [0.1, 0.15) is 5.82 Å². The third-order valence-electron chi connectivity index (χ3n) is 4.57. The summed E-state index contributed by atoms with van der Waals surface area (Å²) >= 11 is 0. The fourth-order valence-corrected chi connectivity index (χ4v) is 3.02. The lowest BCUT2D eigenvalue weighted by Crippen LogP contribution is -2.13. The van der Waals surface area contributed by atoms with Crippen LogP contribution in [0.1, 0.15) is 10.4 Å². The number of carbonyl (C=O) groups excluding carboxylic acids is 1. The highest BCUT2D eigenvalue weighted by atomic mass is 19.1. The van der Waals surface area contributed by atoms with Gasteiger partial charge in [0, 0.05) is 11.3 Å². The van der Waals surface area contributed by atoms with E-state index in [-0.39, 0.29) is 17.6 Å². The first-order chi connectivity index (χ1) is 15.1. The van der Waals surface area contributed by atoms with E-state index in [4.69, 9.17) is 14.0 Å². The average Bonchev–Trinajstić information content (AvgIpc) is 3.30. The van der Waals surface area contributed by atoms with Gasteiger partial charge in [0.25, 0.3) is 11.8 Å². The number of rotatable bonds is 6. The second-order valence-electron chi connectivity index (χ2n) is 6.50. The van der Waals surface area contributed by atoms with Crippen LogP contribution < -0.4 is 14.8 Å². The van der Waals surface area contributed by atoms with Gasteiger partial charge < -0.3 is 19.3 Å². The van der Waals surface area contributed by atoms with E-state index in [1.807, 2.05) is 0 Å². The van der Waals surface area contributed by atoms with Gasteiger partial charge in [-0.2, -0.15) is 4.98 Å². The van der Waals surface area contributed by atoms with Crippen molar-refractivity contribution in [2.75, 3.05) is 19.5 Å². The normalized spacial score (nSPS) is 10.5. The number of hydrogen-bond acceptors (Lipinski definition) is 6. The van der Waals surface area contributed by atoms with Crippen LogP contribution in [-0.2, 0) is 0 Å². The topological polar surface area (TPSA) is 86.5 Å². The molecule has 1 heterocycles. The van der Waals surface area contributed by atoms with Gasteiger partial charge in [-0.1, -0.05) is 17.3 Å². The summed E-state index contributed by atoms with van der Waals surface area (Å²) in [7, 11) is 3.09. The number of hydrogen-bond donors (Lipinski definition) is 1. The molecule has 0 saturated heterocycles. The summed E-state index contributed by atoms with van der Waals surface area (Å²) in [6.07, 6.45) is 0. The maximum Gasteiger partial charge on any atom is 0.259 e. The first-order valence-electron chi connectivity index (χ1n) is 9.31. The maximum atomic E-state index is 13.1. The molecule has 7 nitrogen and oxygen atoms in total. The van der Waals surface area contributed by atoms with Crippen LogP contribution in [0.2, 0.25) is 0 Å². The Morgan fingerprint density at radius 1 is 0.968 bits per heavy atom. The Bertz CT molecular complexity index is 1220. The third-order valence-corrected chi connectivity index (χ3v) is 4.57. The molecule has 4 rings (SSSR count). The molecule has 0 saturated carbocycles. The highest BCUT2D eigenvalue weighted by Crippen LogP contribution is 2.32. The summed E-state index contributed by atoms with van der Waals surface area (Å²) in [6.45, 7) is 0. The Kier molecular flexibility index (Phi) is 5.61. The number of nitrogens with zero attached hydrogens (tertiary/aromatic N) is 2. The number of amides is 1. The molecule has 1 amide bonds. The Balaban J connectivity index is 1.64. The number of anilines is 1. The van der Waals surface area contributed by atoms with Crippen molar-refractivity contribution in [3.63, 3.8) is 0 Å². The molecule has 4 aromatic rings. The van der Waals surface area contributed by atoms with E-state index >= 15 is 0 Å². The smallest absolute Gasteiger partial charge is 0.259 e. The molecule has 31 heavy (non-hydrogen) atoms. The van der Waals surface area contributed by atoms with Crippen molar-refractivity contribution in [1.29, 1.82) is 0 Å². The molecular formula is C23H18FN3O4. The van der Waals surface area contributed by atoms with E-state index < -0.39 is 0 Å². The average molecular weight is 419 g/mol. The molecule has 0 fully saturated rings. The third kappa shape index (κ3) is 4.23. The van der Waals surface area contributed by atoms with Crippen molar-refractivity contribution in [2.45, 2.75) is 0 Å². The number of benzene rings is 3.